The minimum absolute atomic E-state index is 0.603. The molecule has 52 valence electrons. The van der Waals surface area contributed by atoms with E-state index in [1.165, 1.54) is 6.21 Å². The van der Waals surface area contributed by atoms with Gasteiger partial charge >= 0.3 is 0 Å². The van der Waals surface area contributed by atoms with E-state index in [0.717, 1.165) is 5.56 Å². The number of anilines is 1. The Bertz CT molecular complexity index is 245. The van der Waals surface area contributed by atoms with Gasteiger partial charge in [0.25, 0.3) is 0 Å². The van der Waals surface area contributed by atoms with E-state index in [1.54, 1.807) is 17.3 Å². The Balaban J connectivity index is 3.03. The van der Waals surface area contributed by atoms with Crippen LogP contribution in [0.25, 0.3) is 0 Å². The molecule has 3 N–H and O–H groups in total. The summed E-state index contributed by atoms with van der Waals surface area (Å²) in [7, 11) is 0. The fraction of sp³-hybridized carbons (Fsp3) is 0. The van der Waals surface area contributed by atoms with Crippen LogP contribution in [0.3, 0.4) is 0 Å². The fourth-order valence-corrected chi connectivity index (χ4v) is 0.706. The van der Waals surface area contributed by atoms with Crippen molar-refractivity contribution < 1.29 is 5.16 Å². The summed E-state index contributed by atoms with van der Waals surface area (Å²) in [6.45, 7) is 0. The van der Waals surface area contributed by atoms with E-state index >= 15 is 0 Å². The molecule has 0 saturated carbocycles. The summed E-state index contributed by atoms with van der Waals surface area (Å²) in [4.78, 5) is 0. The average Bonchev–Trinajstić information content (AvgIpc) is 1.94. The summed E-state index contributed by atoms with van der Waals surface area (Å²) >= 11 is 0. The molecule has 0 heterocycles. The van der Waals surface area contributed by atoms with Crippen molar-refractivity contribution in [1.82, 2.24) is 0 Å². The van der Waals surface area contributed by atoms with Gasteiger partial charge in [-0.3, -0.25) is 0 Å². The molecular weight excluding hydrogens is 128 g/mol. The second-order valence-corrected chi connectivity index (χ2v) is 1.89. The van der Waals surface area contributed by atoms with Gasteiger partial charge in [-0.15, -0.1) is 0 Å². The molecule has 0 saturated heterocycles. The first-order valence-electron chi connectivity index (χ1n) is 2.90. The van der Waals surface area contributed by atoms with Crippen LogP contribution in [-0.4, -0.2) is 6.21 Å². The first-order valence-corrected chi connectivity index (χ1v) is 2.90. The predicted octanol–water partition coefficient (Wildman–Crippen LogP) is -0.734. The van der Waals surface area contributed by atoms with Crippen LogP contribution in [0.5, 0.6) is 0 Å². The second-order valence-electron chi connectivity index (χ2n) is 1.89. The summed E-state index contributed by atoms with van der Waals surface area (Å²) in [5.74, 6) is 0. The molecule has 0 atom stereocenters. The molecule has 0 aliphatic rings. The number of rotatable bonds is 1. The highest BCUT2D eigenvalue weighted by Gasteiger charge is 1.92. The van der Waals surface area contributed by atoms with Gasteiger partial charge in [-0.1, -0.05) is 12.1 Å². The Hall–Kier alpha value is -1.51. The minimum atomic E-state index is 0.603. The van der Waals surface area contributed by atoms with Crippen molar-refractivity contribution in [2.75, 3.05) is 5.73 Å². The predicted molar refractivity (Wildman–Crippen MR) is 40.4 cm³/mol. The normalized spacial score (nSPS) is 10.4. The highest BCUT2D eigenvalue weighted by atomic mass is 16.4. The Morgan fingerprint density at radius 2 is 2.10 bits per heavy atom. The van der Waals surface area contributed by atoms with Crippen molar-refractivity contribution in [3.05, 3.63) is 35.0 Å². The highest BCUT2D eigenvalue weighted by molar-refractivity contribution is 5.82. The quantitative estimate of drug-likeness (QED) is 0.231. The lowest BCUT2D eigenvalue weighted by Crippen LogP contribution is -2.60. The average molecular weight is 136 g/mol. The van der Waals surface area contributed by atoms with Crippen molar-refractivity contribution in [2.24, 2.45) is 0 Å². The van der Waals surface area contributed by atoms with E-state index in [0.29, 0.717) is 5.69 Å². The summed E-state index contributed by atoms with van der Waals surface area (Å²) in [5.41, 5.74) is 6.82. The molecule has 1 rings (SSSR count). The molecule has 3 heteroatoms. The maximum atomic E-state index is 9.89. The van der Waals surface area contributed by atoms with E-state index in [1.807, 2.05) is 12.1 Å². The van der Waals surface area contributed by atoms with Crippen LogP contribution in [0.4, 0.5) is 5.69 Å². The van der Waals surface area contributed by atoms with E-state index in [4.69, 9.17) is 5.73 Å². The van der Waals surface area contributed by atoms with Gasteiger partial charge in [0.1, 0.15) is 0 Å². The summed E-state index contributed by atoms with van der Waals surface area (Å²) in [5, 5.41) is 11.6. The van der Waals surface area contributed by atoms with Gasteiger partial charge < -0.3 is 10.9 Å². The first-order chi connectivity index (χ1) is 4.84. The third kappa shape index (κ3) is 1.25. The third-order valence-electron chi connectivity index (χ3n) is 1.21. The topological polar surface area (TPSA) is 63.0 Å². The van der Waals surface area contributed by atoms with Gasteiger partial charge in [-0.25, -0.2) is 5.16 Å². The maximum absolute atomic E-state index is 9.89. The lowest BCUT2D eigenvalue weighted by Gasteiger charge is -1.93. The molecule has 1 aromatic rings. The summed E-state index contributed by atoms with van der Waals surface area (Å²) in [6, 6.07) is 7.14. The smallest absolute Gasteiger partial charge is 0.182 e. The number of nitrogens with two attached hydrogens (primary N) is 1. The lowest BCUT2D eigenvalue weighted by atomic mass is 10.2. The van der Waals surface area contributed by atoms with Gasteiger partial charge in [0.15, 0.2) is 6.21 Å². The van der Waals surface area contributed by atoms with Crippen LogP contribution in [0, 0.1) is 5.21 Å². The molecule has 0 amide bonds. The summed E-state index contributed by atoms with van der Waals surface area (Å²) < 4.78 is 0. The Morgan fingerprint density at radius 1 is 1.40 bits per heavy atom. The van der Waals surface area contributed by atoms with Crippen molar-refractivity contribution in [2.45, 2.75) is 0 Å². The van der Waals surface area contributed by atoms with Crippen molar-refractivity contribution in [3.63, 3.8) is 0 Å². The molecule has 0 aliphatic carbocycles. The molecule has 3 nitrogen and oxygen atoms in total. The van der Waals surface area contributed by atoms with Gasteiger partial charge in [0.05, 0.1) is 5.56 Å². The van der Waals surface area contributed by atoms with Crippen molar-refractivity contribution in [1.29, 1.82) is 0 Å². The first kappa shape index (κ1) is 6.61. The van der Waals surface area contributed by atoms with Gasteiger partial charge in [0, 0.05) is 5.69 Å². The molecule has 1 aromatic carbocycles. The lowest BCUT2D eigenvalue weighted by molar-refractivity contribution is -0.366. The minimum Gasteiger partial charge on any atom is -0.625 e. The number of hydrogen-bond acceptors (Lipinski definition) is 2. The number of hydrogen-bond donors (Lipinski definition) is 2. The van der Waals surface area contributed by atoms with E-state index in [-0.39, 0.29) is 0 Å². The molecule has 0 radical (unpaired) electrons. The molecule has 0 aromatic heterocycles. The maximum Gasteiger partial charge on any atom is 0.182 e. The molecule has 0 spiro atoms. The van der Waals surface area contributed by atoms with Crippen LogP contribution in [0.15, 0.2) is 24.3 Å². The number of benzene rings is 1. The number of para-hydroxylation sites is 1. The molecule has 0 aliphatic heterocycles. The van der Waals surface area contributed by atoms with Crippen molar-refractivity contribution in [3.8, 4) is 0 Å². The Labute approximate surface area is 58.8 Å². The molecule has 0 unspecified atom stereocenters. The van der Waals surface area contributed by atoms with Crippen LogP contribution < -0.4 is 10.9 Å². The molecule has 0 bridgehead atoms. The highest BCUT2D eigenvalue weighted by Crippen LogP contribution is 2.05. The fourth-order valence-electron chi connectivity index (χ4n) is 0.706. The van der Waals surface area contributed by atoms with Crippen LogP contribution >= 0.6 is 0 Å². The largest absolute Gasteiger partial charge is 0.625 e. The Morgan fingerprint density at radius 3 is 2.70 bits per heavy atom. The van der Waals surface area contributed by atoms with E-state index < -0.39 is 0 Å². The van der Waals surface area contributed by atoms with Gasteiger partial charge in [0.2, 0.25) is 0 Å². The number of nitrogen functional groups attached to an aromatic ring is 1. The Kier molecular flexibility index (Phi) is 1.89. The molecular formula is C7H8N2O. The van der Waals surface area contributed by atoms with Crippen LogP contribution in [0.1, 0.15) is 5.56 Å². The standard InChI is InChI=1S/C7H8N2O/c8-7-4-2-1-3-6(7)5-9-10/h1-5,9H,8H2. The van der Waals surface area contributed by atoms with E-state index in [2.05, 4.69) is 0 Å². The zero-order valence-electron chi connectivity index (χ0n) is 5.37. The molecule has 10 heavy (non-hydrogen) atoms. The SMILES string of the molecule is Nc1ccccc1C=[NH+][O-]. The summed E-state index contributed by atoms with van der Waals surface area (Å²) in [6.07, 6.45) is 1.31. The van der Waals surface area contributed by atoms with Gasteiger partial charge in [-0.2, -0.15) is 0 Å². The van der Waals surface area contributed by atoms with Crippen LogP contribution in [-0.2, 0) is 0 Å². The number of nitrogens with one attached hydrogen (secondary N) is 1. The van der Waals surface area contributed by atoms with Gasteiger partial charge in [-0.05, 0) is 12.1 Å². The molecule has 0 fully saturated rings. The van der Waals surface area contributed by atoms with Crippen molar-refractivity contribution >= 4 is 11.9 Å². The van der Waals surface area contributed by atoms with E-state index in [9.17, 15) is 5.21 Å². The zero-order chi connectivity index (χ0) is 7.40. The zero-order valence-corrected chi connectivity index (χ0v) is 5.37. The second kappa shape index (κ2) is 2.87. The van der Waals surface area contributed by atoms with Crippen LogP contribution in [0.2, 0.25) is 0 Å². The third-order valence-corrected chi connectivity index (χ3v) is 1.21. The monoisotopic (exact) mass is 136 g/mol.